The van der Waals surface area contributed by atoms with E-state index in [-0.39, 0.29) is 0 Å². The van der Waals surface area contributed by atoms with Gasteiger partial charge in [-0.3, -0.25) is 4.98 Å². The number of rotatable bonds is 3. The van der Waals surface area contributed by atoms with Crippen LogP contribution in [-0.2, 0) is 19.5 Å². The quantitative estimate of drug-likeness (QED) is 0.806. The second-order valence-electron chi connectivity index (χ2n) is 6.39. The molecule has 1 aromatic carbocycles. The highest BCUT2D eigenvalue weighted by molar-refractivity contribution is 5.95. The second-order valence-corrected chi connectivity index (χ2v) is 6.39. The number of hydrogen-bond donors (Lipinski definition) is 1. The maximum absolute atomic E-state index is 11.4. The standard InChI is InChI=1S/C19H19N3O2/c1-21-9-6-18-16(12-21)15-10-14(19(23)24)2-3-17(15)22(18)11-13-4-7-20-8-5-13/h2-5,7-8,10H,6,9,11-12H2,1H3,(H,23,24). The van der Waals surface area contributed by atoms with Crippen molar-refractivity contribution in [3.05, 3.63) is 65.1 Å². The lowest BCUT2D eigenvalue weighted by molar-refractivity contribution is 0.0697. The lowest BCUT2D eigenvalue weighted by Gasteiger charge is -2.24. The van der Waals surface area contributed by atoms with Crippen LogP contribution in [0.15, 0.2) is 42.7 Å². The first-order valence-corrected chi connectivity index (χ1v) is 8.08. The Morgan fingerprint density at radius 2 is 2.04 bits per heavy atom. The number of likely N-dealkylation sites (N-methyl/N-ethyl adjacent to an activating group) is 1. The maximum atomic E-state index is 11.4. The fourth-order valence-corrected chi connectivity index (χ4v) is 3.57. The summed E-state index contributed by atoms with van der Waals surface area (Å²) in [5, 5.41) is 10.4. The van der Waals surface area contributed by atoms with Gasteiger partial charge in [0.25, 0.3) is 0 Å². The molecule has 2 aromatic heterocycles. The molecule has 5 heteroatoms. The van der Waals surface area contributed by atoms with E-state index in [9.17, 15) is 9.90 Å². The summed E-state index contributed by atoms with van der Waals surface area (Å²) in [6, 6.07) is 9.51. The number of carboxylic acid groups (broad SMARTS) is 1. The highest BCUT2D eigenvalue weighted by atomic mass is 16.4. The highest BCUT2D eigenvalue weighted by Crippen LogP contribution is 2.32. The van der Waals surface area contributed by atoms with Crippen molar-refractivity contribution in [1.82, 2.24) is 14.5 Å². The molecular weight excluding hydrogens is 302 g/mol. The molecule has 4 rings (SSSR count). The third kappa shape index (κ3) is 2.47. The van der Waals surface area contributed by atoms with Crippen molar-refractivity contribution in [2.24, 2.45) is 0 Å². The Balaban J connectivity index is 1.90. The number of hydrogen-bond acceptors (Lipinski definition) is 3. The van der Waals surface area contributed by atoms with Gasteiger partial charge in [0.05, 0.1) is 5.56 Å². The Bertz CT molecular complexity index is 915. The molecule has 1 aliphatic rings. The number of carbonyl (C=O) groups is 1. The summed E-state index contributed by atoms with van der Waals surface area (Å²) in [4.78, 5) is 17.7. The molecule has 1 aliphatic heterocycles. The van der Waals surface area contributed by atoms with Crippen LogP contribution in [0.4, 0.5) is 0 Å². The summed E-state index contributed by atoms with van der Waals surface area (Å²) in [5.74, 6) is -0.878. The summed E-state index contributed by atoms with van der Waals surface area (Å²) in [5.41, 5.74) is 5.24. The smallest absolute Gasteiger partial charge is 0.335 e. The normalized spacial score (nSPS) is 14.7. The minimum atomic E-state index is -0.878. The van der Waals surface area contributed by atoms with Crippen LogP contribution in [0.3, 0.4) is 0 Å². The minimum Gasteiger partial charge on any atom is -0.478 e. The molecule has 0 amide bonds. The van der Waals surface area contributed by atoms with Crippen molar-refractivity contribution >= 4 is 16.9 Å². The largest absolute Gasteiger partial charge is 0.478 e. The number of pyridine rings is 1. The van der Waals surface area contributed by atoms with E-state index in [1.165, 1.54) is 16.8 Å². The van der Waals surface area contributed by atoms with Crippen molar-refractivity contribution in [2.75, 3.05) is 13.6 Å². The molecule has 0 spiro atoms. The molecule has 0 saturated heterocycles. The summed E-state index contributed by atoms with van der Waals surface area (Å²) in [7, 11) is 2.11. The monoisotopic (exact) mass is 321 g/mol. The lowest BCUT2D eigenvalue weighted by atomic mass is 10.0. The first-order valence-electron chi connectivity index (χ1n) is 8.08. The van der Waals surface area contributed by atoms with Gasteiger partial charge in [-0.2, -0.15) is 0 Å². The average Bonchev–Trinajstić information content (AvgIpc) is 2.88. The second kappa shape index (κ2) is 5.76. The fraction of sp³-hybridized carbons (Fsp3) is 0.263. The van der Waals surface area contributed by atoms with E-state index >= 15 is 0 Å². The Hall–Kier alpha value is -2.66. The molecule has 3 heterocycles. The Kier molecular flexibility index (Phi) is 3.58. The Morgan fingerprint density at radius 3 is 2.79 bits per heavy atom. The molecule has 0 radical (unpaired) electrons. The summed E-state index contributed by atoms with van der Waals surface area (Å²) in [6.07, 6.45) is 4.60. The van der Waals surface area contributed by atoms with Crippen LogP contribution < -0.4 is 0 Å². The highest BCUT2D eigenvalue weighted by Gasteiger charge is 2.23. The van der Waals surface area contributed by atoms with Crippen molar-refractivity contribution in [3.8, 4) is 0 Å². The Labute approximate surface area is 140 Å². The van der Waals surface area contributed by atoms with Gasteiger partial charge >= 0.3 is 5.97 Å². The number of aromatic carboxylic acids is 1. The molecule has 1 N–H and O–H groups in total. The molecule has 122 valence electrons. The Morgan fingerprint density at radius 1 is 1.25 bits per heavy atom. The van der Waals surface area contributed by atoms with E-state index in [4.69, 9.17) is 0 Å². The van der Waals surface area contributed by atoms with Gasteiger partial charge < -0.3 is 14.6 Å². The molecule has 0 saturated carbocycles. The lowest BCUT2D eigenvalue weighted by Crippen LogP contribution is -2.27. The van der Waals surface area contributed by atoms with E-state index in [0.29, 0.717) is 5.56 Å². The summed E-state index contributed by atoms with van der Waals surface area (Å²) in [6.45, 7) is 2.66. The molecule has 24 heavy (non-hydrogen) atoms. The molecule has 3 aromatic rings. The van der Waals surface area contributed by atoms with Crippen LogP contribution in [0.1, 0.15) is 27.2 Å². The zero-order valence-electron chi connectivity index (χ0n) is 13.6. The van der Waals surface area contributed by atoms with E-state index in [1.54, 1.807) is 6.07 Å². The number of aromatic nitrogens is 2. The predicted octanol–water partition coefficient (Wildman–Crippen LogP) is 2.77. The summed E-state index contributed by atoms with van der Waals surface area (Å²) >= 11 is 0. The molecule has 0 unspecified atom stereocenters. The number of fused-ring (bicyclic) bond motifs is 3. The van der Waals surface area contributed by atoms with Crippen molar-refractivity contribution in [3.63, 3.8) is 0 Å². The number of benzene rings is 1. The SMILES string of the molecule is CN1CCc2c(c3cc(C(=O)O)ccc3n2Cc2ccncc2)C1. The van der Waals surface area contributed by atoms with E-state index < -0.39 is 5.97 Å². The van der Waals surface area contributed by atoms with Gasteiger partial charge in [-0.1, -0.05) is 0 Å². The number of carboxylic acids is 1. The van der Waals surface area contributed by atoms with Gasteiger partial charge in [0.2, 0.25) is 0 Å². The van der Waals surface area contributed by atoms with Gasteiger partial charge in [0.15, 0.2) is 0 Å². The van der Waals surface area contributed by atoms with Crippen molar-refractivity contribution in [1.29, 1.82) is 0 Å². The maximum Gasteiger partial charge on any atom is 0.335 e. The van der Waals surface area contributed by atoms with E-state index in [2.05, 4.69) is 21.5 Å². The van der Waals surface area contributed by atoms with Crippen LogP contribution in [0.2, 0.25) is 0 Å². The first kappa shape index (κ1) is 14.9. The predicted molar refractivity (Wildman–Crippen MR) is 92.3 cm³/mol. The van der Waals surface area contributed by atoms with Crippen LogP contribution in [0.25, 0.3) is 10.9 Å². The van der Waals surface area contributed by atoms with Crippen LogP contribution in [0, 0.1) is 0 Å². The van der Waals surface area contributed by atoms with Crippen LogP contribution in [0.5, 0.6) is 0 Å². The molecular formula is C19H19N3O2. The zero-order chi connectivity index (χ0) is 16.7. The van der Waals surface area contributed by atoms with Gasteiger partial charge in [-0.25, -0.2) is 4.79 Å². The molecule has 0 aliphatic carbocycles. The number of nitrogens with zero attached hydrogens (tertiary/aromatic N) is 3. The van der Waals surface area contributed by atoms with Crippen molar-refractivity contribution < 1.29 is 9.90 Å². The van der Waals surface area contributed by atoms with Gasteiger partial charge in [0.1, 0.15) is 0 Å². The van der Waals surface area contributed by atoms with Crippen LogP contribution in [-0.4, -0.2) is 39.1 Å². The molecule has 0 fully saturated rings. The third-order valence-electron chi connectivity index (χ3n) is 4.78. The van der Waals surface area contributed by atoms with Crippen LogP contribution >= 0.6 is 0 Å². The molecule has 0 atom stereocenters. The van der Waals surface area contributed by atoms with Crippen molar-refractivity contribution in [2.45, 2.75) is 19.5 Å². The fourth-order valence-electron chi connectivity index (χ4n) is 3.57. The first-order chi connectivity index (χ1) is 11.6. The van der Waals surface area contributed by atoms with Gasteiger partial charge in [-0.05, 0) is 48.5 Å². The van der Waals surface area contributed by atoms with E-state index in [0.717, 1.165) is 37.0 Å². The van der Waals surface area contributed by atoms with E-state index in [1.807, 2.05) is 36.7 Å². The summed E-state index contributed by atoms with van der Waals surface area (Å²) < 4.78 is 2.33. The average molecular weight is 321 g/mol. The topological polar surface area (TPSA) is 58.4 Å². The minimum absolute atomic E-state index is 0.347. The molecule has 0 bridgehead atoms. The van der Waals surface area contributed by atoms with Gasteiger partial charge in [0, 0.05) is 55.0 Å². The zero-order valence-corrected chi connectivity index (χ0v) is 13.6. The molecule has 5 nitrogen and oxygen atoms in total. The third-order valence-corrected chi connectivity index (χ3v) is 4.78. The van der Waals surface area contributed by atoms with Gasteiger partial charge in [-0.15, -0.1) is 0 Å².